The number of carbonyl (C=O) groups excluding carboxylic acids is 2. The molecule has 0 bridgehead atoms. The van der Waals surface area contributed by atoms with Gasteiger partial charge in [0.1, 0.15) is 0 Å². The van der Waals surface area contributed by atoms with E-state index < -0.39 is 17.8 Å². The summed E-state index contributed by atoms with van der Waals surface area (Å²) in [5.41, 5.74) is -0.344. The van der Waals surface area contributed by atoms with Gasteiger partial charge in [-0.15, -0.1) is 0 Å². The van der Waals surface area contributed by atoms with E-state index in [-0.39, 0.29) is 24.8 Å². The number of carbonyl (C=O) groups is 2. The third-order valence-corrected chi connectivity index (χ3v) is 4.51. The van der Waals surface area contributed by atoms with Gasteiger partial charge in [-0.05, 0) is 23.6 Å². The molecule has 1 aromatic rings. The lowest BCUT2D eigenvalue weighted by Crippen LogP contribution is -2.57. The van der Waals surface area contributed by atoms with Gasteiger partial charge in [0, 0.05) is 33.2 Å². The maximum absolute atomic E-state index is 12.8. The highest BCUT2D eigenvalue weighted by atomic mass is 19.4. The number of halogens is 3. The van der Waals surface area contributed by atoms with Gasteiger partial charge < -0.3 is 10.2 Å². The zero-order valence-corrected chi connectivity index (χ0v) is 15.8. The van der Waals surface area contributed by atoms with Gasteiger partial charge in [0.15, 0.2) is 0 Å². The minimum atomic E-state index is -4.42. The summed E-state index contributed by atoms with van der Waals surface area (Å²) in [6.07, 6.45) is -4.41. The number of amides is 2. The van der Waals surface area contributed by atoms with Gasteiger partial charge in [-0.1, -0.05) is 26.0 Å². The predicted octanol–water partition coefficient (Wildman–Crippen LogP) is 2.51. The summed E-state index contributed by atoms with van der Waals surface area (Å²) < 4.78 is 38.5. The van der Waals surface area contributed by atoms with Crippen LogP contribution in [0.2, 0.25) is 0 Å². The van der Waals surface area contributed by atoms with E-state index in [0.29, 0.717) is 31.1 Å². The van der Waals surface area contributed by atoms with Crippen LogP contribution in [-0.4, -0.2) is 54.3 Å². The zero-order chi connectivity index (χ0) is 20.2. The van der Waals surface area contributed by atoms with Crippen molar-refractivity contribution in [2.24, 2.45) is 5.92 Å². The van der Waals surface area contributed by atoms with E-state index in [1.165, 1.54) is 18.0 Å². The molecular formula is C19H26F3N3O2. The number of hydrogen-bond acceptors (Lipinski definition) is 3. The van der Waals surface area contributed by atoms with Crippen LogP contribution in [0.25, 0.3) is 0 Å². The topological polar surface area (TPSA) is 52.7 Å². The Morgan fingerprint density at radius 3 is 2.70 bits per heavy atom. The number of benzene rings is 1. The van der Waals surface area contributed by atoms with Crippen molar-refractivity contribution in [1.82, 2.24) is 15.1 Å². The maximum Gasteiger partial charge on any atom is 0.416 e. The Bertz CT molecular complexity index is 676. The highest BCUT2D eigenvalue weighted by Crippen LogP contribution is 2.29. The fraction of sp³-hybridized carbons (Fsp3) is 0.579. The second-order valence-corrected chi connectivity index (χ2v) is 7.35. The highest BCUT2D eigenvalue weighted by Gasteiger charge is 2.33. The molecule has 0 spiro atoms. The number of rotatable bonds is 6. The van der Waals surface area contributed by atoms with Crippen LogP contribution < -0.4 is 5.32 Å². The zero-order valence-electron chi connectivity index (χ0n) is 15.8. The first-order valence-electron chi connectivity index (χ1n) is 8.99. The van der Waals surface area contributed by atoms with Crippen molar-refractivity contribution in [3.8, 4) is 0 Å². The summed E-state index contributed by atoms with van der Waals surface area (Å²) in [6, 6.07) is 4.38. The van der Waals surface area contributed by atoms with Crippen LogP contribution in [0.4, 0.5) is 13.2 Å². The number of alkyl halides is 3. The van der Waals surface area contributed by atoms with Gasteiger partial charge >= 0.3 is 6.18 Å². The quantitative estimate of drug-likeness (QED) is 0.819. The number of nitrogens with one attached hydrogen (secondary N) is 1. The lowest BCUT2D eigenvalue weighted by Gasteiger charge is -2.36. The molecule has 1 aliphatic rings. The predicted molar refractivity (Wildman–Crippen MR) is 95.7 cm³/mol. The molecule has 1 aromatic carbocycles. The van der Waals surface area contributed by atoms with Crippen LogP contribution in [0.15, 0.2) is 24.3 Å². The molecule has 2 amide bonds. The van der Waals surface area contributed by atoms with E-state index >= 15 is 0 Å². The van der Waals surface area contributed by atoms with Crippen LogP contribution in [0.3, 0.4) is 0 Å². The molecule has 1 unspecified atom stereocenters. The molecule has 1 N–H and O–H groups in total. The molecule has 1 atom stereocenters. The second kappa shape index (κ2) is 8.73. The second-order valence-electron chi connectivity index (χ2n) is 7.35. The third-order valence-electron chi connectivity index (χ3n) is 4.51. The van der Waals surface area contributed by atoms with Crippen LogP contribution in [0.1, 0.15) is 31.4 Å². The Morgan fingerprint density at radius 1 is 1.37 bits per heavy atom. The molecule has 1 saturated heterocycles. The molecule has 1 aliphatic heterocycles. The van der Waals surface area contributed by atoms with Crippen LogP contribution >= 0.6 is 0 Å². The summed E-state index contributed by atoms with van der Waals surface area (Å²) >= 11 is 0. The number of piperazine rings is 1. The fourth-order valence-electron chi connectivity index (χ4n) is 3.20. The molecule has 150 valence electrons. The Balaban J connectivity index is 2.03. The highest BCUT2D eigenvalue weighted by molar-refractivity contribution is 5.88. The van der Waals surface area contributed by atoms with Crippen LogP contribution in [0, 0.1) is 5.92 Å². The van der Waals surface area contributed by atoms with Crippen molar-refractivity contribution in [2.45, 2.75) is 39.0 Å². The SMILES string of the molecule is CC(C)CN1CCNC(=O)C1CC(=O)N(C)Cc1cccc(C(F)(F)F)c1. The normalized spacial score (nSPS) is 18.5. The lowest BCUT2D eigenvalue weighted by atomic mass is 10.0. The molecule has 0 saturated carbocycles. The maximum atomic E-state index is 12.8. The summed E-state index contributed by atoms with van der Waals surface area (Å²) in [7, 11) is 1.54. The molecule has 5 nitrogen and oxygen atoms in total. The molecule has 0 radical (unpaired) electrons. The Morgan fingerprint density at radius 2 is 2.07 bits per heavy atom. The van der Waals surface area contributed by atoms with Crippen molar-refractivity contribution in [3.05, 3.63) is 35.4 Å². The summed E-state index contributed by atoms with van der Waals surface area (Å²) in [6.45, 7) is 6.09. The third kappa shape index (κ3) is 5.95. The van der Waals surface area contributed by atoms with E-state index in [0.717, 1.165) is 12.1 Å². The summed E-state index contributed by atoms with van der Waals surface area (Å²) in [4.78, 5) is 28.1. The van der Waals surface area contributed by atoms with Gasteiger partial charge in [0.2, 0.25) is 11.8 Å². The van der Waals surface area contributed by atoms with E-state index in [1.54, 1.807) is 6.07 Å². The Labute approximate surface area is 157 Å². The van der Waals surface area contributed by atoms with Gasteiger partial charge in [-0.2, -0.15) is 13.2 Å². The molecular weight excluding hydrogens is 359 g/mol. The van der Waals surface area contributed by atoms with Crippen LogP contribution in [-0.2, 0) is 22.3 Å². The Hall–Kier alpha value is -2.09. The first-order valence-corrected chi connectivity index (χ1v) is 8.99. The lowest BCUT2D eigenvalue weighted by molar-refractivity contribution is -0.138. The van der Waals surface area contributed by atoms with Crippen molar-refractivity contribution in [3.63, 3.8) is 0 Å². The van der Waals surface area contributed by atoms with E-state index in [4.69, 9.17) is 0 Å². The molecule has 1 fully saturated rings. The minimum Gasteiger partial charge on any atom is -0.353 e. The smallest absolute Gasteiger partial charge is 0.353 e. The molecule has 27 heavy (non-hydrogen) atoms. The van der Waals surface area contributed by atoms with E-state index in [2.05, 4.69) is 5.32 Å². The van der Waals surface area contributed by atoms with Crippen molar-refractivity contribution in [2.75, 3.05) is 26.7 Å². The van der Waals surface area contributed by atoms with Crippen molar-refractivity contribution < 1.29 is 22.8 Å². The summed E-state index contributed by atoms with van der Waals surface area (Å²) in [5.74, 6) is -0.0951. The van der Waals surface area contributed by atoms with Gasteiger partial charge in [0.05, 0.1) is 18.0 Å². The monoisotopic (exact) mass is 385 g/mol. The number of nitrogens with zero attached hydrogens (tertiary/aromatic N) is 2. The first kappa shape index (κ1) is 21.2. The van der Waals surface area contributed by atoms with Gasteiger partial charge in [-0.3, -0.25) is 14.5 Å². The minimum absolute atomic E-state index is 0.00795. The molecule has 0 aromatic heterocycles. The summed E-state index contributed by atoms with van der Waals surface area (Å²) in [5, 5.41) is 2.78. The van der Waals surface area contributed by atoms with E-state index in [1.807, 2.05) is 18.7 Å². The van der Waals surface area contributed by atoms with Gasteiger partial charge in [-0.25, -0.2) is 0 Å². The molecule has 8 heteroatoms. The van der Waals surface area contributed by atoms with Crippen molar-refractivity contribution in [1.29, 1.82) is 0 Å². The van der Waals surface area contributed by atoms with Crippen LogP contribution in [0.5, 0.6) is 0 Å². The number of hydrogen-bond donors (Lipinski definition) is 1. The van der Waals surface area contributed by atoms with Crippen molar-refractivity contribution >= 4 is 11.8 Å². The van der Waals surface area contributed by atoms with E-state index in [9.17, 15) is 22.8 Å². The Kier molecular flexibility index (Phi) is 6.86. The molecule has 1 heterocycles. The molecule has 2 rings (SSSR count). The first-order chi connectivity index (χ1) is 12.6. The average Bonchev–Trinajstić information content (AvgIpc) is 2.56. The average molecular weight is 385 g/mol. The largest absolute Gasteiger partial charge is 0.416 e. The fourth-order valence-corrected chi connectivity index (χ4v) is 3.20. The molecule has 0 aliphatic carbocycles. The van der Waals surface area contributed by atoms with Gasteiger partial charge in [0.25, 0.3) is 0 Å². The standard InChI is InChI=1S/C19H26F3N3O2/c1-13(2)11-25-8-7-23-18(27)16(25)10-17(26)24(3)12-14-5-4-6-15(9-14)19(20,21)22/h4-6,9,13,16H,7-8,10-12H2,1-3H3,(H,23,27).